The van der Waals surface area contributed by atoms with Gasteiger partial charge in [-0.3, -0.25) is 0 Å². The van der Waals surface area contributed by atoms with E-state index in [1.54, 1.807) is 18.4 Å². The highest BCUT2D eigenvalue weighted by molar-refractivity contribution is 9.10. The number of halogens is 2. The largest absolute Gasteiger partial charge is 0.496 e. The lowest BCUT2D eigenvalue weighted by Gasteiger charge is -2.10. The molecule has 1 heterocycles. The van der Waals surface area contributed by atoms with Gasteiger partial charge in [0.05, 0.1) is 32.2 Å². The van der Waals surface area contributed by atoms with Crippen LogP contribution in [-0.2, 0) is 6.42 Å². The van der Waals surface area contributed by atoms with Crippen LogP contribution < -0.4 is 4.74 Å². The van der Waals surface area contributed by atoms with Gasteiger partial charge < -0.3 is 4.74 Å². The average molecular weight is 383 g/mol. The lowest BCUT2D eigenvalue weighted by Crippen LogP contribution is -1.96. The van der Waals surface area contributed by atoms with Crippen molar-refractivity contribution in [2.24, 2.45) is 0 Å². The highest BCUT2D eigenvalue weighted by Gasteiger charge is 2.14. The second-order valence-electron chi connectivity index (χ2n) is 4.64. The normalized spacial score (nSPS) is 12.5. The van der Waals surface area contributed by atoms with E-state index >= 15 is 0 Å². The van der Waals surface area contributed by atoms with Crippen LogP contribution in [0.1, 0.15) is 15.9 Å². The Hall–Kier alpha value is -1.10. The van der Waals surface area contributed by atoms with E-state index in [2.05, 4.69) is 27.0 Å². The number of fused-ring (bicyclic) bond motifs is 1. The van der Waals surface area contributed by atoms with Gasteiger partial charge in [0.1, 0.15) is 5.75 Å². The van der Waals surface area contributed by atoms with Crippen molar-refractivity contribution >= 4 is 49.1 Å². The zero-order valence-electron chi connectivity index (χ0n) is 11.3. The van der Waals surface area contributed by atoms with Gasteiger partial charge in [-0.25, -0.2) is 4.98 Å². The van der Waals surface area contributed by atoms with Gasteiger partial charge in [0, 0.05) is 6.42 Å². The molecule has 0 radical (unpaired) electrons. The summed E-state index contributed by atoms with van der Waals surface area (Å²) < 4.78 is 7.35. The van der Waals surface area contributed by atoms with Crippen molar-refractivity contribution in [3.05, 3.63) is 57.5 Å². The number of rotatable bonds is 4. The molecule has 108 valence electrons. The fraction of sp³-hybridized carbons (Fsp3) is 0.188. The topological polar surface area (TPSA) is 22.1 Å². The average Bonchev–Trinajstić information content (AvgIpc) is 2.89. The molecule has 0 N–H and O–H groups in total. The number of aromatic nitrogens is 1. The highest BCUT2D eigenvalue weighted by atomic mass is 79.9. The molecule has 2 aromatic carbocycles. The van der Waals surface area contributed by atoms with E-state index < -0.39 is 0 Å². The van der Waals surface area contributed by atoms with Crippen LogP contribution in [0.2, 0.25) is 0 Å². The van der Waals surface area contributed by atoms with Gasteiger partial charge in [-0.2, -0.15) is 0 Å². The first-order valence-electron chi connectivity index (χ1n) is 6.49. The summed E-state index contributed by atoms with van der Waals surface area (Å²) in [6.45, 7) is 0. The summed E-state index contributed by atoms with van der Waals surface area (Å²) in [7, 11) is 1.65. The molecule has 0 aliphatic heterocycles. The maximum absolute atomic E-state index is 6.54. The Morgan fingerprint density at radius 1 is 1.29 bits per heavy atom. The summed E-state index contributed by atoms with van der Waals surface area (Å²) in [5.41, 5.74) is 2.10. The Morgan fingerprint density at radius 2 is 2.10 bits per heavy atom. The molecule has 5 heteroatoms. The first kappa shape index (κ1) is 14.8. The van der Waals surface area contributed by atoms with E-state index in [1.165, 1.54) is 4.70 Å². The second kappa shape index (κ2) is 6.34. The third-order valence-electron chi connectivity index (χ3n) is 3.23. The highest BCUT2D eigenvalue weighted by Crippen LogP contribution is 2.33. The number of hydrogen-bond donors (Lipinski definition) is 0. The number of ether oxygens (including phenoxy) is 1. The molecule has 0 aliphatic rings. The van der Waals surface area contributed by atoms with Crippen LogP contribution in [0.5, 0.6) is 5.75 Å². The zero-order valence-corrected chi connectivity index (χ0v) is 14.5. The molecular weight excluding hydrogens is 370 g/mol. The molecule has 0 fully saturated rings. The first-order valence-corrected chi connectivity index (χ1v) is 8.54. The molecule has 0 saturated heterocycles. The monoisotopic (exact) mass is 381 g/mol. The lowest BCUT2D eigenvalue weighted by atomic mass is 10.1. The lowest BCUT2D eigenvalue weighted by molar-refractivity contribution is 0.412. The van der Waals surface area contributed by atoms with Gasteiger partial charge in [-0.1, -0.05) is 18.2 Å². The fourth-order valence-electron chi connectivity index (χ4n) is 2.16. The van der Waals surface area contributed by atoms with Gasteiger partial charge >= 0.3 is 0 Å². The molecular formula is C16H13BrClNOS. The predicted octanol–water partition coefficient (Wildman–Crippen LogP) is 5.59. The zero-order chi connectivity index (χ0) is 14.8. The minimum absolute atomic E-state index is 0.104. The van der Waals surface area contributed by atoms with Crippen molar-refractivity contribution in [2.45, 2.75) is 11.8 Å². The number of thiazole rings is 1. The molecule has 1 aromatic heterocycles. The Labute approximate surface area is 140 Å². The number of hydrogen-bond acceptors (Lipinski definition) is 3. The molecule has 0 bridgehead atoms. The van der Waals surface area contributed by atoms with Crippen molar-refractivity contribution in [3.8, 4) is 5.75 Å². The Bertz CT molecular complexity index is 741. The van der Waals surface area contributed by atoms with Crippen LogP contribution in [-0.4, -0.2) is 12.1 Å². The van der Waals surface area contributed by atoms with Crippen molar-refractivity contribution in [2.75, 3.05) is 7.11 Å². The van der Waals surface area contributed by atoms with Crippen LogP contribution >= 0.6 is 38.9 Å². The maximum Gasteiger partial charge on any atom is 0.133 e. The third kappa shape index (κ3) is 3.23. The number of alkyl halides is 1. The minimum Gasteiger partial charge on any atom is -0.496 e. The van der Waals surface area contributed by atoms with E-state index in [4.69, 9.17) is 16.3 Å². The molecule has 0 saturated carbocycles. The van der Waals surface area contributed by atoms with Crippen LogP contribution in [0.3, 0.4) is 0 Å². The van der Waals surface area contributed by atoms with Crippen LogP contribution in [0.4, 0.5) is 0 Å². The summed E-state index contributed by atoms with van der Waals surface area (Å²) in [6.07, 6.45) is 0.722. The molecule has 21 heavy (non-hydrogen) atoms. The molecule has 1 atom stereocenters. The van der Waals surface area contributed by atoms with Crippen LogP contribution in [0.25, 0.3) is 10.2 Å². The first-order chi connectivity index (χ1) is 10.2. The van der Waals surface area contributed by atoms with Gasteiger partial charge in [0.15, 0.2) is 0 Å². The van der Waals surface area contributed by atoms with Crippen LogP contribution in [0.15, 0.2) is 46.9 Å². The van der Waals surface area contributed by atoms with E-state index in [9.17, 15) is 0 Å². The summed E-state index contributed by atoms with van der Waals surface area (Å²) in [6, 6.07) is 14.1. The SMILES string of the molecule is COc1ccc(C(Cl)Cc2nc3ccccc3s2)cc1Br. The molecule has 3 rings (SSSR count). The van der Waals surface area contributed by atoms with E-state index in [-0.39, 0.29) is 5.38 Å². The summed E-state index contributed by atoms with van der Waals surface area (Å²) in [5.74, 6) is 0.808. The molecule has 1 unspecified atom stereocenters. The Morgan fingerprint density at radius 3 is 2.81 bits per heavy atom. The molecule has 2 nitrogen and oxygen atoms in total. The second-order valence-corrected chi connectivity index (χ2v) is 7.14. The molecule has 3 aromatic rings. The summed E-state index contributed by atoms with van der Waals surface area (Å²) >= 11 is 11.7. The molecule has 0 aliphatic carbocycles. The summed E-state index contributed by atoms with van der Waals surface area (Å²) in [4.78, 5) is 4.63. The summed E-state index contributed by atoms with van der Waals surface area (Å²) in [5, 5.41) is 0.955. The van der Waals surface area contributed by atoms with Gasteiger partial charge in [0.25, 0.3) is 0 Å². The number of para-hydroxylation sites is 1. The quantitative estimate of drug-likeness (QED) is 0.549. The third-order valence-corrected chi connectivity index (χ3v) is 5.31. The number of methoxy groups -OCH3 is 1. The fourth-order valence-corrected chi connectivity index (χ4v) is 4.10. The smallest absolute Gasteiger partial charge is 0.133 e. The van der Waals surface area contributed by atoms with E-state index in [0.29, 0.717) is 0 Å². The molecule has 0 spiro atoms. The van der Waals surface area contributed by atoms with Gasteiger partial charge in [0.2, 0.25) is 0 Å². The Balaban J connectivity index is 1.82. The van der Waals surface area contributed by atoms with Crippen molar-refractivity contribution in [1.29, 1.82) is 0 Å². The van der Waals surface area contributed by atoms with Gasteiger partial charge in [-0.15, -0.1) is 22.9 Å². The Kier molecular flexibility index (Phi) is 4.48. The molecule has 0 amide bonds. The minimum atomic E-state index is -0.104. The maximum atomic E-state index is 6.54. The standard InChI is InChI=1S/C16H13BrClNOS/c1-20-14-7-6-10(8-11(14)17)12(18)9-16-19-13-4-2-3-5-15(13)21-16/h2-8,12H,9H2,1H3. The van der Waals surface area contributed by atoms with Gasteiger partial charge in [-0.05, 0) is 45.8 Å². The predicted molar refractivity (Wildman–Crippen MR) is 92.6 cm³/mol. The van der Waals surface area contributed by atoms with Crippen molar-refractivity contribution in [1.82, 2.24) is 4.98 Å². The number of nitrogens with zero attached hydrogens (tertiary/aromatic N) is 1. The van der Waals surface area contributed by atoms with Crippen molar-refractivity contribution < 1.29 is 4.74 Å². The number of benzene rings is 2. The van der Waals surface area contributed by atoms with E-state index in [0.717, 1.165) is 32.7 Å². The van der Waals surface area contributed by atoms with E-state index in [1.807, 2.05) is 36.4 Å². The van der Waals surface area contributed by atoms with Crippen molar-refractivity contribution in [3.63, 3.8) is 0 Å². The van der Waals surface area contributed by atoms with Crippen LogP contribution in [0, 0.1) is 0 Å².